The number of carbonyl (C=O) groups excluding carboxylic acids is 1. The molecule has 2 N–H and O–H groups in total. The number of hydrogen-bond donors (Lipinski definition) is 2. The maximum atomic E-state index is 12.0. The summed E-state index contributed by atoms with van der Waals surface area (Å²) in [6.45, 7) is 0. The number of hydrogen-bond acceptors (Lipinski definition) is 4. The number of para-hydroxylation sites is 1. The van der Waals surface area contributed by atoms with Crippen molar-refractivity contribution >= 4 is 29.0 Å². The van der Waals surface area contributed by atoms with Gasteiger partial charge in [0.15, 0.2) is 0 Å². The molecule has 0 aliphatic rings. The molecular weight excluding hydrogens is 304 g/mol. The first-order chi connectivity index (χ1) is 10.7. The Bertz CT molecular complexity index is 790. The van der Waals surface area contributed by atoms with Gasteiger partial charge in [0, 0.05) is 5.69 Å². The molecule has 0 fully saturated rings. The van der Waals surface area contributed by atoms with Crippen LogP contribution < -0.4 is 10.6 Å². The van der Waals surface area contributed by atoms with Crippen LogP contribution in [0.1, 0.15) is 0 Å². The summed E-state index contributed by atoms with van der Waals surface area (Å²) in [5.41, 5.74) is 1.89. The topological polar surface area (TPSA) is 84.7 Å². The summed E-state index contributed by atoms with van der Waals surface area (Å²) in [7, 11) is 0. The fourth-order valence-electron chi connectivity index (χ4n) is 1.85. The lowest BCUT2D eigenvalue weighted by Gasteiger charge is -2.09. The van der Waals surface area contributed by atoms with Crippen LogP contribution in [0.5, 0.6) is 0 Å². The van der Waals surface area contributed by atoms with Crippen molar-refractivity contribution in [1.29, 1.82) is 0 Å². The lowest BCUT2D eigenvalue weighted by atomic mass is 10.3. The summed E-state index contributed by atoms with van der Waals surface area (Å²) in [4.78, 5) is 12.0. The molecule has 7 nitrogen and oxygen atoms in total. The molecule has 0 spiro atoms. The third-order valence-electron chi connectivity index (χ3n) is 2.84. The third kappa shape index (κ3) is 3.21. The van der Waals surface area contributed by atoms with E-state index in [0.29, 0.717) is 16.4 Å². The van der Waals surface area contributed by atoms with Gasteiger partial charge in [-0.2, -0.15) is 0 Å². The molecule has 0 saturated carbocycles. The van der Waals surface area contributed by atoms with E-state index in [1.54, 1.807) is 42.5 Å². The maximum absolute atomic E-state index is 12.0. The number of tetrazole rings is 1. The maximum Gasteiger partial charge on any atom is 0.323 e. The van der Waals surface area contributed by atoms with Crippen molar-refractivity contribution in [2.75, 3.05) is 10.6 Å². The molecule has 3 rings (SSSR count). The molecule has 0 saturated heterocycles. The second-order valence-corrected chi connectivity index (χ2v) is 4.77. The van der Waals surface area contributed by atoms with Crippen molar-refractivity contribution in [3.05, 3.63) is 59.9 Å². The SMILES string of the molecule is O=C(Nc1cccc(-n2cnnn2)c1)Nc1ccccc1Cl. The first kappa shape index (κ1) is 14.0. The number of carbonyl (C=O) groups is 1. The van der Waals surface area contributed by atoms with Gasteiger partial charge in [0.05, 0.1) is 16.4 Å². The van der Waals surface area contributed by atoms with Gasteiger partial charge in [-0.05, 0) is 40.8 Å². The molecule has 22 heavy (non-hydrogen) atoms. The van der Waals surface area contributed by atoms with Gasteiger partial charge in [-0.3, -0.25) is 0 Å². The average Bonchev–Trinajstić information content (AvgIpc) is 3.04. The van der Waals surface area contributed by atoms with Gasteiger partial charge in [0.2, 0.25) is 0 Å². The highest BCUT2D eigenvalue weighted by Gasteiger charge is 2.06. The van der Waals surface area contributed by atoms with E-state index in [1.807, 2.05) is 6.07 Å². The zero-order valence-electron chi connectivity index (χ0n) is 11.3. The molecule has 2 amide bonds. The van der Waals surface area contributed by atoms with Crippen LogP contribution in [0.25, 0.3) is 5.69 Å². The van der Waals surface area contributed by atoms with Gasteiger partial charge < -0.3 is 10.6 Å². The lowest BCUT2D eigenvalue weighted by Crippen LogP contribution is -2.19. The van der Waals surface area contributed by atoms with E-state index in [1.165, 1.54) is 11.0 Å². The zero-order valence-corrected chi connectivity index (χ0v) is 12.0. The Morgan fingerprint density at radius 3 is 2.73 bits per heavy atom. The van der Waals surface area contributed by atoms with E-state index >= 15 is 0 Å². The number of aromatic nitrogens is 4. The van der Waals surface area contributed by atoms with Gasteiger partial charge in [-0.1, -0.05) is 29.8 Å². The smallest absolute Gasteiger partial charge is 0.308 e. The number of benzene rings is 2. The second kappa shape index (κ2) is 6.23. The predicted molar refractivity (Wildman–Crippen MR) is 83.2 cm³/mol. The van der Waals surface area contributed by atoms with Crippen molar-refractivity contribution in [2.45, 2.75) is 0 Å². The Hall–Kier alpha value is -2.93. The van der Waals surface area contributed by atoms with Crippen molar-refractivity contribution < 1.29 is 4.79 Å². The highest BCUT2D eigenvalue weighted by atomic mass is 35.5. The fraction of sp³-hybridized carbons (Fsp3) is 0. The van der Waals surface area contributed by atoms with Crippen LogP contribution in [0, 0.1) is 0 Å². The molecule has 8 heteroatoms. The molecule has 1 heterocycles. The van der Waals surface area contributed by atoms with Gasteiger partial charge in [-0.15, -0.1) is 5.10 Å². The molecule has 110 valence electrons. The van der Waals surface area contributed by atoms with E-state index < -0.39 is 0 Å². The van der Waals surface area contributed by atoms with Crippen LogP contribution >= 0.6 is 11.6 Å². The number of halogens is 1. The second-order valence-electron chi connectivity index (χ2n) is 4.36. The number of amides is 2. The highest BCUT2D eigenvalue weighted by Crippen LogP contribution is 2.21. The van der Waals surface area contributed by atoms with Crippen LogP contribution in [0.15, 0.2) is 54.9 Å². The molecular formula is C14H11ClN6O. The number of nitrogens with zero attached hydrogens (tertiary/aromatic N) is 4. The number of rotatable bonds is 3. The third-order valence-corrected chi connectivity index (χ3v) is 3.17. The van der Waals surface area contributed by atoms with E-state index in [2.05, 4.69) is 26.2 Å². The quantitative estimate of drug-likeness (QED) is 0.778. The summed E-state index contributed by atoms with van der Waals surface area (Å²) < 4.78 is 1.50. The number of urea groups is 1. The van der Waals surface area contributed by atoms with E-state index in [9.17, 15) is 4.79 Å². The first-order valence-corrected chi connectivity index (χ1v) is 6.76. The lowest BCUT2D eigenvalue weighted by molar-refractivity contribution is 0.262. The molecule has 0 radical (unpaired) electrons. The van der Waals surface area contributed by atoms with Crippen LogP contribution in [0.4, 0.5) is 16.2 Å². The van der Waals surface area contributed by atoms with E-state index in [-0.39, 0.29) is 6.03 Å². The Labute approximate surface area is 130 Å². The largest absolute Gasteiger partial charge is 0.323 e. The number of nitrogens with one attached hydrogen (secondary N) is 2. The monoisotopic (exact) mass is 314 g/mol. The van der Waals surface area contributed by atoms with Gasteiger partial charge in [0.1, 0.15) is 6.33 Å². The first-order valence-electron chi connectivity index (χ1n) is 6.38. The minimum atomic E-state index is -0.387. The molecule has 0 bridgehead atoms. The van der Waals surface area contributed by atoms with E-state index in [4.69, 9.17) is 11.6 Å². The summed E-state index contributed by atoms with van der Waals surface area (Å²) in [6.07, 6.45) is 1.48. The summed E-state index contributed by atoms with van der Waals surface area (Å²) >= 11 is 6.00. The summed E-state index contributed by atoms with van der Waals surface area (Å²) in [5, 5.41) is 16.8. The van der Waals surface area contributed by atoms with Crippen LogP contribution in [-0.2, 0) is 0 Å². The van der Waals surface area contributed by atoms with Crippen LogP contribution in [0.3, 0.4) is 0 Å². The molecule has 0 atom stereocenters. The van der Waals surface area contributed by atoms with Gasteiger partial charge in [0.25, 0.3) is 0 Å². The normalized spacial score (nSPS) is 10.2. The Balaban J connectivity index is 1.72. The molecule has 2 aromatic carbocycles. The molecule has 0 unspecified atom stereocenters. The van der Waals surface area contributed by atoms with Crippen molar-refractivity contribution in [3.8, 4) is 5.69 Å². The molecule has 1 aromatic heterocycles. The zero-order chi connectivity index (χ0) is 15.4. The van der Waals surface area contributed by atoms with Crippen LogP contribution in [-0.4, -0.2) is 26.2 Å². The van der Waals surface area contributed by atoms with Crippen molar-refractivity contribution in [1.82, 2.24) is 20.2 Å². The minimum Gasteiger partial charge on any atom is -0.308 e. The predicted octanol–water partition coefficient (Wildman–Crippen LogP) is 2.96. The average molecular weight is 315 g/mol. The number of anilines is 2. The Morgan fingerprint density at radius 2 is 1.95 bits per heavy atom. The minimum absolute atomic E-state index is 0.387. The Kier molecular flexibility index (Phi) is 3.97. The van der Waals surface area contributed by atoms with Crippen molar-refractivity contribution in [3.63, 3.8) is 0 Å². The molecule has 0 aliphatic carbocycles. The molecule has 3 aromatic rings. The standard InChI is InChI=1S/C14H11ClN6O/c15-12-6-1-2-7-13(12)18-14(22)17-10-4-3-5-11(8-10)21-9-16-19-20-21/h1-9H,(H2,17,18,22). The van der Waals surface area contributed by atoms with Gasteiger partial charge in [-0.25, -0.2) is 9.48 Å². The summed E-state index contributed by atoms with van der Waals surface area (Å²) in [6, 6.07) is 13.8. The summed E-state index contributed by atoms with van der Waals surface area (Å²) in [5.74, 6) is 0. The highest BCUT2D eigenvalue weighted by molar-refractivity contribution is 6.33. The molecule has 0 aliphatic heterocycles. The van der Waals surface area contributed by atoms with Crippen LogP contribution in [0.2, 0.25) is 5.02 Å². The van der Waals surface area contributed by atoms with Gasteiger partial charge >= 0.3 is 6.03 Å². The fourth-order valence-corrected chi connectivity index (χ4v) is 2.04. The van der Waals surface area contributed by atoms with Crippen molar-refractivity contribution in [2.24, 2.45) is 0 Å². The Morgan fingerprint density at radius 1 is 1.09 bits per heavy atom. The van der Waals surface area contributed by atoms with E-state index in [0.717, 1.165) is 5.69 Å².